The van der Waals surface area contributed by atoms with Crippen molar-refractivity contribution in [2.75, 3.05) is 5.73 Å². The summed E-state index contributed by atoms with van der Waals surface area (Å²) in [6, 6.07) is 9.09. The Bertz CT molecular complexity index is 797. The summed E-state index contributed by atoms with van der Waals surface area (Å²) >= 11 is 0. The molecule has 3 rings (SSSR count). The predicted molar refractivity (Wildman–Crippen MR) is 71.7 cm³/mol. The molecule has 0 amide bonds. The van der Waals surface area contributed by atoms with Gasteiger partial charge in [0.05, 0.1) is 5.56 Å². The second-order valence-electron chi connectivity index (χ2n) is 4.38. The Balaban J connectivity index is 2.22. The number of nitrogens with zero attached hydrogens (tertiary/aromatic N) is 1. The molecule has 0 aliphatic heterocycles. The summed E-state index contributed by atoms with van der Waals surface area (Å²) in [5, 5.41) is 3.69. The Kier molecular flexibility index (Phi) is 3.13. The Labute approximate surface area is 117 Å². The summed E-state index contributed by atoms with van der Waals surface area (Å²) in [6.07, 6.45) is 0. The maximum Gasteiger partial charge on any atom is 0.230 e. The standard InChI is InChI=1S/C15H9F3N2O/c16-9-6-4-8(5-7-9)12-14(20-21-15(12)19)10-2-1-3-11(17)13(10)18/h1-7H,19H2. The third-order valence-corrected chi connectivity index (χ3v) is 3.06. The number of anilines is 1. The first-order valence-electron chi connectivity index (χ1n) is 6.03. The molecule has 6 heteroatoms. The monoisotopic (exact) mass is 290 g/mol. The van der Waals surface area contributed by atoms with Crippen molar-refractivity contribution < 1.29 is 17.7 Å². The van der Waals surface area contributed by atoms with Crippen LogP contribution >= 0.6 is 0 Å². The molecule has 1 heterocycles. The van der Waals surface area contributed by atoms with Crippen LogP contribution in [0.15, 0.2) is 47.0 Å². The van der Waals surface area contributed by atoms with Gasteiger partial charge in [-0.3, -0.25) is 0 Å². The molecule has 0 aliphatic carbocycles. The van der Waals surface area contributed by atoms with Gasteiger partial charge in [0.1, 0.15) is 11.5 Å². The summed E-state index contributed by atoms with van der Waals surface area (Å²) in [5.74, 6) is -2.53. The van der Waals surface area contributed by atoms with Crippen LogP contribution in [0, 0.1) is 17.5 Å². The fourth-order valence-corrected chi connectivity index (χ4v) is 2.07. The first kappa shape index (κ1) is 13.2. The zero-order valence-electron chi connectivity index (χ0n) is 10.6. The molecule has 3 aromatic rings. The molecular formula is C15H9F3N2O. The van der Waals surface area contributed by atoms with Crippen LogP contribution in [0.2, 0.25) is 0 Å². The minimum Gasteiger partial charge on any atom is -0.367 e. The van der Waals surface area contributed by atoms with Crippen LogP contribution in [0.25, 0.3) is 22.4 Å². The molecular weight excluding hydrogens is 281 g/mol. The van der Waals surface area contributed by atoms with Gasteiger partial charge in [0.15, 0.2) is 11.6 Å². The number of aromatic nitrogens is 1. The number of rotatable bonds is 2. The van der Waals surface area contributed by atoms with Gasteiger partial charge in [-0.2, -0.15) is 0 Å². The van der Waals surface area contributed by atoms with Crippen LogP contribution in [-0.4, -0.2) is 5.16 Å². The molecule has 0 saturated heterocycles. The Morgan fingerprint density at radius 2 is 1.67 bits per heavy atom. The van der Waals surface area contributed by atoms with E-state index in [9.17, 15) is 13.2 Å². The zero-order chi connectivity index (χ0) is 15.0. The lowest BCUT2D eigenvalue weighted by Crippen LogP contribution is -1.92. The highest BCUT2D eigenvalue weighted by Gasteiger charge is 2.21. The third kappa shape index (κ3) is 2.24. The maximum absolute atomic E-state index is 13.9. The van der Waals surface area contributed by atoms with Gasteiger partial charge in [0.2, 0.25) is 5.88 Å². The highest BCUT2D eigenvalue weighted by Crippen LogP contribution is 2.37. The van der Waals surface area contributed by atoms with Gasteiger partial charge >= 0.3 is 0 Å². The van der Waals surface area contributed by atoms with Gasteiger partial charge < -0.3 is 10.3 Å². The Morgan fingerprint density at radius 1 is 0.952 bits per heavy atom. The quantitative estimate of drug-likeness (QED) is 0.776. The normalized spacial score (nSPS) is 10.8. The van der Waals surface area contributed by atoms with Crippen molar-refractivity contribution in [3.05, 3.63) is 59.9 Å². The second-order valence-corrected chi connectivity index (χ2v) is 4.38. The van der Waals surface area contributed by atoms with Crippen LogP contribution in [0.3, 0.4) is 0 Å². The van der Waals surface area contributed by atoms with E-state index < -0.39 is 17.5 Å². The molecule has 0 radical (unpaired) electrons. The average molecular weight is 290 g/mol. The van der Waals surface area contributed by atoms with Crippen molar-refractivity contribution in [2.45, 2.75) is 0 Å². The molecule has 0 spiro atoms. The van der Waals surface area contributed by atoms with Gasteiger partial charge in [0.25, 0.3) is 0 Å². The van der Waals surface area contributed by atoms with Crippen LogP contribution in [-0.2, 0) is 0 Å². The SMILES string of the molecule is Nc1onc(-c2cccc(F)c2F)c1-c1ccc(F)cc1. The van der Waals surface area contributed by atoms with Crippen molar-refractivity contribution in [3.63, 3.8) is 0 Å². The smallest absolute Gasteiger partial charge is 0.230 e. The lowest BCUT2D eigenvalue weighted by Gasteiger charge is -2.04. The number of hydrogen-bond acceptors (Lipinski definition) is 3. The minimum absolute atomic E-state index is 0.0553. The molecule has 0 unspecified atom stereocenters. The summed E-state index contributed by atoms with van der Waals surface area (Å²) in [4.78, 5) is 0. The van der Waals surface area contributed by atoms with E-state index >= 15 is 0 Å². The van der Waals surface area contributed by atoms with Gasteiger partial charge in [0, 0.05) is 5.56 Å². The first-order valence-corrected chi connectivity index (χ1v) is 6.03. The van der Waals surface area contributed by atoms with Gasteiger partial charge in [-0.1, -0.05) is 23.4 Å². The van der Waals surface area contributed by atoms with E-state index in [-0.39, 0.29) is 17.1 Å². The van der Waals surface area contributed by atoms with E-state index in [4.69, 9.17) is 10.3 Å². The summed E-state index contributed by atoms with van der Waals surface area (Å²) in [7, 11) is 0. The molecule has 0 aliphatic rings. The van der Waals surface area contributed by atoms with E-state index in [1.165, 1.54) is 36.4 Å². The van der Waals surface area contributed by atoms with Crippen molar-refractivity contribution in [2.24, 2.45) is 0 Å². The van der Waals surface area contributed by atoms with Crippen LogP contribution < -0.4 is 5.73 Å². The topological polar surface area (TPSA) is 52.0 Å². The molecule has 2 N–H and O–H groups in total. The van der Waals surface area contributed by atoms with Crippen molar-refractivity contribution >= 4 is 5.88 Å². The fraction of sp³-hybridized carbons (Fsp3) is 0. The molecule has 0 atom stereocenters. The zero-order valence-corrected chi connectivity index (χ0v) is 10.6. The highest BCUT2D eigenvalue weighted by molar-refractivity contribution is 5.86. The van der Waals surface area contributed by atoms with Gasteiger partial charge in [-0.05, 0) is 29.8 Å². The predicted octanol–water partition coefficient (Wildman–Crippen LogP) is 4.01. The van der Waals surface area contributed by atoms with Gasteiger partial charge in [-0.25, -0.2) is 13.2 Å². The lowest BCUT2D eigenvalue weighted by atomic mass is 10.0. The maximum atomic E-state index is 13.9. The molecule has 3 nitrogen and oxygen atoms in total. The molecule has 0 saturated carbocycles. The number of halogens is 3. The fourth-order valence-electron chi connectivity index (χ4n) is 2.07. The number of benzene rings is 2. The number of nitrogen functional groups attached to an aromatic ring is 1. The van der Waals surface area contributed by atoms with Crippen LogP contribution in [0.4, 0.5) is 19.1 Å². The molecule has 0 bridgehead atoms. The largest absolute Gasteiger partial charge is 0.367 e. The van der Waals surface area contributed by atoms with Gasteiger partial charge in [-0.15, -0.1) is 0 Å². The molecule has 21 heavy (non-hydrogen) atoms. The Morgan fingerprint density at radius 3 is 2.38 bits per heavy atom. The van der Waals surface area contributed by atoms with Crippen LogP contribution in [0.5, 0.6) is 0 Å². The third-order valence-electron chi connectivity index (χ3n) is 3.06. The number of hydrogen-bond donors (Lipinski definition) is 1. The van der Waals surface area contributed by atoms with E-state index in [2.05, 4.69) is 5.16 Å². The lowest BCUT2D eigenvalue weighted by molar-refractivity contribution is 0.438. The second kappa shape index (κ2) is 4.97. The van der Waals surface area contributed by atoms with Crippen molar-refractivity contribution in [1.29, 1.82) is 0 Å². The molecule has 1 aromatic heterocycles. The summed E-state index contributed by atoms with van der Waals surface area (Å²) in [5.41, 5.74) is 6.47. The first-order chi connectivity index (χ1) is 10.1. The summed E-state index contributed by atoms with van der Waals surface area (Å²) in [6.45, 7) is 0. The van der Waals surface area contributed by atoms with E-state index in [0.29, 0.717) is 11.1 Å². The van der Waals surface area contributed by atoms with E-state index in [0.717, 1.165) is 6.07 Å². The molecule has 2 aromatic carbocycles. The van der Waals surface area contributed by atoms with Crippen molar-refractivity contribution in [3.8, 4) is 22.4 Å². The molecule has 0 fully saturated rings. The number of nitrogens with two attached hydrogens (primary N) is 1. The minimum atomic E-state index is -1.05. The van der Waals surface area contributed by atoms with Crippen molar-refractivity contribution in [1.82, 2.24) is 5.16 Å². The average Bonchev–Trinajstić information content (AvgIpc) is 2.85. The highest BCUT2D eigenvalue weighted by atomic mass is 19.2. The van der Waals surface area contributed by atoms with E-state index in [1.54, 1.807) is 0 Å². The van der Waals surface area contributed by atoms with E-state index in [1.807, 2.05) is 0 Å². The Hall–Kier alpha value is -2.76. The summed E-state index contributed by atoms with van der Waals surface area (Å²) < 4.78 is 45.1. The van der Waals surface area contributed by atoms with Crippen LogP contribution in [0.1, 0.15) is 0 Å². The molecule has 106 valence electrons.